The van der Waals surface area contributed by atoms with Gasteiger partial charge in [-0.25, -0.2) is 4.57 Å². The van der Waals surface area contributed by atoms with Gasteiger partial charge in [0.15, 0.2) is 6.10 Å². The SMILES string of the molecule is CCCCCC/C=C/CCCCCCCC(=O)OC[C@H](COP(=O)(O)OC[C@H](N)C(=O)O)OC(=O)CCC/C=C/C/C=C/CCCCCCCCCCC. The topological polar surface area (TPSA) is 172 Å². The number of unbranched alkanes of at least 4 members (excludes halogenated alkanes) is 19. The average molecular weight is 786 g/mol. The standard InChI is InChI=1S/C42H76NO10P/c1-3-5-7-9-11-13-15-17-18-19-20-22-24-26-28-30-32-34-41(45)53-38(36-51-54(48,49)52-37-39(43)42(46)47)35-50-40(44)33-31-29-27-25-23-21-16-14-12-10-8-6-4-2/h14,16,20,22,26,28,38-39H,3-13,15,17-19,21,23-25,27,29-37,43H2,1-2H3,(H,46,47)(H,48,49)/b16-14+,22-20+,28-26+/t38-,39+/m1/s1. The molecular weight excluding hydrogens is 709 g/mol. The van der Waals surface area contributed by atoms with Crippen LogP contribution in [-0.4, -0.2) is 59.9 Å². The highest BCUT2D eigenvalue weighted by molar-refractivity contribution is 7.47. The Hall–Kier alpha value is -2.30. The molecule has 0 aromatic carbocycles. The zero-order chi connectivity index (χ0) is 40.0. The Labute approximate surface area is 327 Å². The van der Waals surface area contributed by atoms with E-state index in [2.05, 4.69) is 48.8 Å². The third-order valence-electron chi connectivity index (χ3n) is 8.86. The van der Waals surface area contributed by atoms with Crippen molar-refractivity contribution in [1.29, 1.82) is 0 Å². The molecule has 54 heavy (non-hydrogen) atoms. The van der Waals surface area contributed by atoms with Crippen molar-refractivity contribution in [3.8, 4) is 0 Å². The molecule has 0 aromatic heterocycles. The van der Waals surface area contributed by atoms with Crippen molar-refractivity contribution in [2.45, 2.75) is 193 Å². The minimum atomic E-state index is -4.72. The number of carbonyl (C=O) groups excluding carboxylic acids is 2. The summed E-state index contributed by atoms with van der Waals surface area (Å²) in [4.78, 5) is 45.8. The molecule has 1 unspecified atom stereocenters. The average Bonchev–Trinajstić information content (AvgIpc) is 3.14. The normalized spacial score (nSPS) is 14.1. The lowest BCUT2D eigenvalue weighted by molar-refractivity contribution is -0.161. The molecule has 0 spiro atoms. The molecule has 0 rings (SSSR count). The highest BCUT2D eigenvalue weighted by atomic mass is 31.2. The van der Waals surface area contributed by atoms with Gasteiger partial charge in [0, 0.05) is 12.8 Å². The molecule has 12 heteroatoms. The van der Waals surface area contributed by atoms with Crippen LogP contribution < -0.4 is 5.73 Å². The van der Waals surface area contributed by atoms with Crippen molar-refractivity contribution in [2.24, 2.45) is 5.73 Å². The van der Waals surface area contributed by atoms with Crippen LogP contribution in [0, 0.1) is 0 Å². The summed E-state index contributed by atoms with van der Waals surface area (Å²) in [7, 11) is -4.72. The summed E-state index contributed by atoms with van der Waals surface area (Å²) in [6.07, 6.45) is 39.3. The quantitative estimate of drug-likeness (QED) is 0.0234. The van der Waals surface area contributed by atoms with Gasteiger partial charge in [-0.05, 0) is 64.2 Å². The number of ether oxygens (including phenoxy) is 2. The lowest BCUT2D eigenvalue weighted by atomic mass is 10.1. The number of carbonyl (C=O) groups is 3. The van der Waals surface area contributed by atoms with Crippen molar-refractivity contribution in [3.05, 3.63) is 36.5 Å². The fraction of sp³-hybridized carbons (Fsp3) is 0.786. The van der Waals surface area contributed by atoms with Crippen LogP contribution in [0.25, 0.3) is 0 Å². The number of phosphoric acid groups is 1. The minimum absolute atomic E-state index is 0.0960. The van der Waals surface area contributed by atoms with Crippen LogP contribution in [0.3, 0.4) is 0 Å². The van der Waals surface area contributed by atoms with Gasteiger partial charge >= 0.3 is 25.7 Å². The maximum Gasteiger partial charge on any atom is 0.472 e. The van der Waals surface area contributed by atoms with Gasteiger partial charge in [-0.2, -0.15) is 0 Å². The largest absolute Gasteiger partial charge is 0.480 e. The molecule has 0 radical (unpaired) electrons. The summed E-state index contributed by atoms with van der Waals surface area (Å²) in [6, 6.07) is -1.53. The van der Waals surface area contributed by atoms with E-state index in [9.17, 15) is 23.8 Å². The number of phosphoric ester groups is 1. The first kappa shape index (κ1) is 51.7. The Morgan fingerprint density at radius 2 is 1.00 bits per heavy atom. The van der Waals surface area contributed by atoms with Crippen LogP contribution in [0.2, 0.25) is 0 Å². The molecular formula is C42H76NO10P. The van der Waals surface area contributed by atoms with E-state index in [0.29, 0.717) is 19.3 Å². The summed E-state index contributed by atoms with van der Waals surface area (Å²) in [5.41, 5.74) is 5.32. The molecule has 0 aliphatic rings. The van der Waals surface area contributed by atoms with Gasteiger partial charge in [0.1, 0.15) is 12.6 Å². The van der Waals surface area contributed by atoms with Crippen molar-refractivity contribution in [3.63, 3.8) is 0 Å². The second kappa shape index (κ2) is 37.6. The van der Waals surface area contributed by atoms with E-state index in [1.54, 1.807) is 0 Å². The third-order valence-corrected chi connectivity index (χ3v) is 9.81. The number of nitrogens with two attached hydrogens (primary N) is 1. The first-order valence-electron chi connectivity index (χ1n) is 21.0. The van der Waals surface area contributed by atoms with E-state index in [1.807, 2.05) is 6.08 Å². The lowest BCUT2D eigenvalue weighted by Gasteiger charge is -2.20. The van der Waals surface area contributed by atoms with E-state index in [4.69, 9.17) is 24.8 Å². The molecule has 0 saturated heterocycles. The Morgan fingerprint density at radius 3 is 1.54 bits per heavy atom. The molecule has 0 aliphatic heterocycles. The van der Waals surface area contributed by atoms with Crippen LogP contribution in [0.15, 0.2) is 36.5 Å². The summed E-state index contributed by atoms with van der Waals surface area (Å²) in [5.74, 6) is -2.45. The molecule has 4 N–H and O–H groups in total. The van der Waals surface area contributed by atoms with Gasteiger partial charge in [-0.1, -0.05) is 140 Å². The van der Waals surface area contributed by atoms with Crippen LogP contribution in [0.5, 0.6) is 0 Å². The van der Waals surface area contributed by atoms with Gasteiger partial charge in [0.25, 0.3) is 0 Å². The van der Waals surface area contributed by atoms with E-state index in [-0.39, 0.29) is 19.4 Å². The zero-order valence-corrected chi connectivity index (χ0v) is 34.7. The molecule has 0 aliphatic carbocycles. The molecule has 0 aromatic rings. The van der Waals surface area contributed by atoms with Crippen LogP contribution >= 0.6 is 7.82 Å². The number of rotatable bonds is 39. The second-order valence-corrected chi connectivity index (χ2v) is 15.6. The Balaban J connectivity index is 4.46. The van der Waals surface area contributed by atoms with Crippen LogP contribution in [0.4, 0.5) is 0 Å². The number of carboxylic acids is 1. The zero-order valence-electron chi connectivity index (χ0n) is 33.8. The van der Waals surface area contributed by atoms with Crippen molar-refractivity contribution >= 4 is 25.7 Å². The van der Waals surface area contributed by atoms with Crippen molar-refractivity contribution < 1.29 is 47.5 Å². The Morgan fingerprint density at radius 1 is 0.574 bits per heavy atom. The number of hydrogen-bond acceptors (Lipinski definition) is 9. The fourth-order valence-corrected chi connectivity index (χ4v) is 6.29. The number of hydrogen-bond donors (Lipinski definition) is 3. The predicted molar refractivity (Wildman–Crippen MR) is 217 cm³/mol. The van der Waals surface area contributed by atoms with Gasteiger partial charge in [0.05, 0.1) is 13.2 Å². The summed E-state index contributed by atoms with van der Waals surface area (Å²) in [5, 5.41) is 8.87. The summed E-state index contributed by atoms with van der Waals surface area (Å²) in [6.45, 7) is 2.73. The van der Waals surface area contributed by atoms with Crippen molar-refractivity contribution in [1.82, 2.24) is 0 Å². The number of esters is 2. The molecule has 0 fully saturated rings. The summed E-state index contributed by atoms with van der Waals surface area (Å²) < 4.78 is 32.6. The van der Waals surface area contributed by atoms with Gasteiger partial charge in [-0.15, -0.1) is 0 Å². The molecule has 0 saturated carbocycles. The highest BCUT2D eigenvalue weighted by Crippen LogP contribution is 2.43. The fourth-order valence-electron chi connectivity index (χ4n) is 5.51. The monoisotopic (exact) mass is 786 g/mol. The Kier molecular flexibility index (Phi) is 36.0. The van der Waals surface area contributed by atoms with Crippen LogP contribution in [0.1, 0.15) is 181 Å². The number of aliphatic carboxylic acids is 1. The predicted octanol–water partition coefficient (Wildman–Crippen LogP) is 10.8. The summed E-state index contributed by atoms with van der Waals surface area (Å²) >= 11 is 0. The van der Waals surface area contributed by atoms with E-state index in [1.165, 1.54) is 83.5 Å². The van der Waals surface area contributed by atoms with Gasteiger partial charge in [0.2, 0.25) is 0 Å². The van der Waals surface area contributed by atoms with Gasteiger partial charge in [-0.3, -0.25) is 23.4 Å². The molecule has 3 atom stereocenters. The minimum Gasteiger partial charge on any atom is -0.480 e. The van der Waals surface area contributed by atoms with E-state index in [0.717, 1.165) is 51.4 Å². The van der Waals surface area contributed by atoms with E-state index >= 15 is 0 Å². The number of carboxylic acid groups (broad SMARTS) is 1. The first-order chi connectivity index (χ1) is 26.1. The third kappa shape index (κ3) is 36.7. The molecule has 314 valence electrons. The number of allylic oxidation sites excluding steroid dienone is 6. The van der Waals surface area contributed by atoms with E-state index < -0.39 is 51.1 Å². The Bertz CT molecular complexity index is 1060. The molecule has 0 amide bonds. The maximum absolute atomic E-state index is 12.6. The van der Waals surface area contributed by atoms with Gasteiger partial charge < -0.3 is 25.2 Å². The molecule has 0 heterocycles. The lowest BCUT2D eigenvalue weighted by Crippen LogP contribution is -2.34. The smallest absolute Gasteiger partial charge is 0.472 e. The second-order valence-electron chi connectivity index (χ2n) is 14.1. The molecule has 11 nitrogen and oxygen atoms in total. The van der Waals surface area contributed by atoms with Crippen LogP contribution in [-0.2, 0) is 37.5 Å². The highest BCUT2D eigenvalue weighted by Gasteiger charge is 2.28. The first-order valence-corrected chi connectivity index (χ1v) is 22.5. The molecule has 0 bridgehead atoms. The van der Waals surface area contributed by atoms with Crippen molar-refractivity contribution in [2.75, 3.05) is 19.8 Å². The maximum atomic E-state index is 12.6.